The Hall–Kier alpha value is -1.13. The van der Waals surface area contributed by atoms with E-state index >= 15 is 0 Å². The van der Waals surface area contributed by atoms with Crippen LogP contribution in [0.3, 0.4) is 0 Å². The molecule has 0 aromatic carbocycles. The van der Waals surface area contributed by atoms with Gasteiger partial charge in [0, 0.05) is 37.4 Å². The van der Waals surface area contributed by atoms with Crippen LogP contribution in [0.5, 0.6) is 0 Å². The molecule has 0 radical (unpaired) electrons. The molecule has 0 atom stereocenters. The monoisotopic (exact) mass is 277 g/mol. The van der Waals surface area contributed by atoms with Crippen molar-refractivity contribution in [1.82, 2.24) is 14.8 Å². The van der Waals surface area contributed by atoms with Crippen LogP contribution in [-0.2, 0) is 6.54 Å². The van der Waals surface area contributed by atoms with Crippen molar-refractivity contribution in [1.29, 1.82) is 0 Å². The molecule has 20 heavy (non-hydrogen) atoms. The molecule has 0 aliphatic carbocycles. The van der Waals surface area contributed by atoms with Gasteiger partial charge >= 0.3 is 0 Å². The van der Waals surface area contributed by atoms with Crippen LogP contribution in [0.4, 0.5) is 0 Å². The smallest absolute Gasteiger partial charge is 0.250 e. The van der Waals surface area contributed by atoms with Crippen LogP contribution in [0.25, 0.3) is 0 Å². The van der Waals surface area contributed by atoms with Crippen LogP contribution >= 0.6 is 0 Å². The van der Waals surface area contributed by atoms with Crippen LogP contribution in [-0.4, -0.2) is 41.2 Å². The molecular weight excluding hydrogens is 250 g/mol. The third kappa shape index (κ3) is 3.70. The molecule has 1 aromatic rings. The Morgan fingerprint density at radius 2 is 2.05 bits per heavy atom. The molecule has 4 nitrogen and oxygen atoms in total. The van der Waals surface area contributed by atoms with E-state index in [-0.39, 0.29) is 11.1 Å². The van der Waals surface area contributed by atoms with E-state index in [1.165, 1.54) is 6.42 Å². The minimum Gasteiger partial charge on any atom is -0.314 e. The van der Waals surface area contributed by atoms with Gasteiger partial charge in [0.25, 0.3) is 5.56 Å². The molecule has 4 heteroatoms. The second kappa shape index (κ2) is 7.04. The predicted molar refractivity (Wildman–Crippen MR) is 83.1 cm³/mol. The van der Waals surface area contributed by atoms with Gasteiger partial charge in [-0.2, -0.15) is 0 Å². The fourth-order valence-electron chi connectivity index (χ4n) is 3.03. The standard InChI is InChI=1S/C16H27N3O/c1-3-16(4-2)14-18(10-7-9-17-16)12-13-19-11-6-5-8-15(19)20/h5-6,8,11,17H,3-4,7,9-10,12-14H2,1-2H3. The maximum Gasteiger partial charge on any atom is 0.250 e. The summed E-state index contributed by atoms with van der Waals surface area (Å²) in [5.41, 5.74) is 0.343. The number of pyridine rings is 1. The number of hydrogen-bond donors (Lipinski definition) is 1. The van der Waals surface area contributed by atoms with Crippen LogP contribution in [0.15, 0.2) is 29.2 Å². The van der Waals surface area contributed by atoms with Crippen molar-refractivity contribution < 1.29 is 0 Å². The highest BCUT2D eigenvalue weighted by Gasteiger charge is 2.29. The predicted octanol–water partition coefficient (Wildman–Crippen LogP) is 1.70. The van der Waals surface area contributed by atoms with Crippen LogP contribution in [0, 0.1) is 0 Å². The van der Waals surface area contributed by atoms with Gasteiger partial charge in [-0.1, -0.05) is 19.9 Å². The van der Waals surface area contributed by atoms with E-state index < -0.39 is 0 Å². The first-order valence-corrected chi connectivity index (χ1v) is 7.82. The summed E-state index contributed by atoms with van der Waals surface area (Å²) < 4.78 is 1.80. The van der Waals surface area contributed by atoms with Crippen molar-refractivity contribution in [2.24, 2.45) is 0 Å². The fraction of sp³-hybridized carbons (Fsp3) is 0.688. The normalized spacial score (nSPS) is 19.7. The number of aromatic nitrogens is 1. The zero-order valence-corrected chi connectivity index (χ0v) is 12.8. The summed E-state index contributed by atoms with van der Waals surface area (Å²) in [6, 6.07) is 5.36. The average molecular weight is 277 g/mol. The molecule has 2 rings (SSSR count). The zero-order chi connectivity index (χ0) is 14.4. The van der Waals surface area contributed by atoms with Gasteiger partial charge in [0.05, 0.1) is 0 Å². The average Bonchev–Trinajstić information content (AvgIpc) is 2.69. The molecule has 112 valence electrons. The second-order valence-electron chi connectivity index (χ2n) is 5.78. The van der Waals surface area contributed by atoms with Crippen molar-refractivity contribution in [2.75, 3.05) is 26.2 Å². The molecule has 2 heterocycles. The molecule has 1 aliphatic rings. The lowest BCUT2D eigenvalue weighted by Crippen LogP contribution is -2.51. The summed E-state index contributed by atoms with van der Waals surface area (Å²) >= 11 is 0. The zero-order valence-electron chi connectivity index (χ0n) is 12.8. The minimum atomic E-state index is 0.0951. The molecule has 0 bridgehead atoms. The van der Waals surface area contributed by atoms with Crippen LogP contribution in [0.1, 0.15) is 33.1 Å². The Morgan fingerprint density at radius 3 is 2.75 bits per heavy atom. The van der Waals surface area contributed by atoms with Gasteiger partial charge in [0.2, 0.25) is 0 Å². The highest BCUT2D eigenvalue weighted by Crippen LogP contribution is 2.19. The molecule has 1 saturated heterocycles. The van der Waals surface area contributed by atoms with E-state index in [0.717, 1.165) is 45.6 Å². The van der Waals surface area contributed by atoms with Gasteiger partial charge in [0.15, 0.2) is 0 Å². The lowest BCUT2D eigenvalue weighted by molar-refractivity contribution is 0.191. The van der Waals surface area contributed by atoms with E-state index in [4.69, 9.17) is 0 Å². The highest BCUT2D eigenvalue weighted by atomic mass is 16.1. The maximum atomic E-state index is 11.7. The fourth-order valence-corrected chi connectivity index (χ4v) is 3.03. The van der Waals surface area contributed by atoms with Gasteiger partial charge in [0.1, 0.15) is 0 Å². The summed E-state index contributed by atoms with van der Waals surface area (Å²) in [7, 11) is 0. The molecule has 1 N–H and O–H groups in total. The van der Waals surface area contributed by atoms with Gasteiger partial charge in [-0.05, 0) is 38.4 Å². The van der Waals surface area contributed by atoms with Crippen molar-refractivity contribution in [3.05, 3.63) is 34.7 Å². The maximum absolute atomic E-state index is 11.7. The first kappa shape index (κ1) is 15.3. The molecule has 1 fully saturated rings. The van der Waals surface area contributed by atoms with Gasteiger partial charge in [-0.25, -0.2) is 0 Å². The van der Waals surface area contributed by atoms with Crippen LogP contribution < -0.4 is 10.9 Å². The van der Waals surface area contributed by atoms with E-state index in [0.29, 0.717) is 0 Å². The van der Waals surface area contributed by atoms with Gasteiger partial charge < -0.3 is 9.88 Å². The SMILES string of the molecule is CCC1(CC)CN(CCn2ccccc2=O)CCCN1. The number of nitrogens with one attached hydrogen (secondary N) is 1. The summed E-state index contributed by atoms with van der Waals surface area (Å²) in [6.07, 6.45) is 5.38. The summed E-state index contributed by atoms with van der Waals surface area (Å²) in [5.74, 6) is 0. The largest absolute Gasteiger partial charge is 0.314 e. The number of rotatable bonds is 5. The van der Waals surface area contributed by atoms with Crippen molar-refractivity contribution in [3.8, 4) is 0 Å². The highest BCUT2D eigenvalue weighted by molar-refractivity contribution is 4.94. The van der Waals surface area contributed by atoms with Crippen LogP contribution in [0.2, 0.25) is 0 Å². The Labute approximate surface area is 121 Å². The third-order valence-corrected chi connectivity index (χ3v) is 4.59. The molecule has 0 amide bonds. The topological polar surface area (TPSA) is 37.3 Å². The molecule has 0 saturated carbocycles. The molecular formula is C16H27N3O. The van der Waals surface area contributed by atoms with Crippen molar-refractivity contribution >= 4 is 0 Å². The number of nitrogens with zero attached hydrogens (tertiary/aromatic N) is 2. The molecule has 1 aliphatic heterocycles. The first-order chi connectivity index (χ1) is 9.69. The molecule has 0 spiro atoms. The second-order valence-corrected chi connectivity index (χ2v) is 5.78. The van der Waals surface area contributed by atoms with Crippen molar-refractivity contribution in [3.63, 3.8) is 0 Å². The van der Waals surface area contributed by atoms with Crippen molar-refractivity contribution in [2.45, 2.75) is 45.2 Å². The van der Waals surface area contributed by atoms with Gasteiger partial charge in [-0.15, -0.1) is 0 Å². The van der Waals surface area contributed by atoms with Gasteiger partial charge in [-0.3, -0.25) is 9.69 Å². The van der Waals surface area contributed by atoms with E-state index in [9.17, 15) is 4.79 Å². The first-order valence-electron chi connectivity index (χ1n) is 7.82. The summed E-state index contributed by atoms with van der Waals surface area (Å²) in [6.45, 7) is 9.57. The number of hydrogen-bond acceptors (Lipinski definition) is 3. The minimum absolute atomic E-state index is 0.0951. The Balaban J connectivity index is 1.98. The lowest BCUT2D eigenvalue weighted by atomic mass is 9.92. The van der Waals surface area contributed by atoms with E-state index in [2.05, 4.69) is 24.1 Å². The van der Waals surface area contributed by atoms with E-state index in [1.807, 2.05) is 12.3 Å². The Morgan fingerprint density at radius 1 is 1.25 bits per heavy atom. The Kier molecular flexibility index (Phi) is 5.38. The summed E-state index contributed by atoms with van der Waals surface area (Å²) in [5, 5.41) is 3.72. The molecule has 0 unspecified atom stereocenters. The lowest BCUT2D eigenvalue weighted by Gasteiger charge is -2.35. The van der Waals surface area contributed by atoms with E-state index in [1.54, 1.807) is 16.7 Å². The Bertz CT molecular complexity index is 465. The summed E-state index contributed by atoms with van der Waals surface area (Å²) in [4.78, 5) is 14.2. The third-order valence-electron chi connectivity index (χ3n) is 4.59. The molecule has 1 aromatic heterocycles. The quantitative estimate of drug-likeness (QED) is 0.890.